The van der Waals surface area contributed by atoms with Crippen LogP contribution in [0.15, 0.2) is 24.3 Å². The number of nitrogens with two attached hydrogens (primary N) is 1. The van der Waals surface area contributed by atoms with E-state index in [1.807, 2.05) is 6.07 Å². The molecule has 0 unspecified atom stereocenters. The number of alkyl carbamates (subject to hydrolysis) is 1. The average molecular weight is 501 g/mol. The molecule has 5 rings (SSSR count). The van der Waals surface area contributed by atoms with Gasteiger partial charge >= 0.3 is 12.1 Å². The van der Waals surface area contributed by atoms with Gasteiger partial charge in [-0.2, -0.15) is 0 Å². The third-order valence-corrected chi connectivity index (χ3v) is 6.87. The van der Waals surface area contributed by atoms with Crippen molar-refractivity contribution in [2.45, 2.75) is 18.4 Å². The zero-order valence-corrected chi connectivity index (χ0v) is 19.9. The maximum Gasteiger partial charge on any atom is 0.407 e. The quantitative estimate of drug-likeness (QED) is 0.382. The number of amides is 1. The van der Waals surface area contributed by atoms with E-state index in [2.05, 4.69) is 5.32 Å². The fourth-order valence-electron chi connectivity index (χ4n) is 5.22. The van der Waals surface area contributed by atoms with Gasteiger partial charge in [0.2, 0.25) is 12.5 Å². The second-order valence-electron chi connectivity index (χ2n) is 8.80. The Bertz CT molecular complexity index is 1160. The van der Waals surface area contributed by atoms with Crippen LogP contribution in [0.1, 0.15) is 35.1 Å². The van der Waals surface area contributed by atoms with Gasteiger partial charge in [0.05, 0.1) is 20.8 Å². The Morgan fingerprint density at radius 2 is 1.75 bits per heavy atom. The number of fused-ring (bicyclic) bond motifs is 3. The lowest BCUT2D eigenvalue weighted by molar-refractivity contribution is -0.144. The number of ether oxygens (including phenoxy) is 6. The van der Waals surface area contributed by atoms with Crippen molar-refractivity contribution < 1.29 is 43.1 Å². The first-order valence-electron chi connectivity index (χ1n) is 11.7. The van der Waals surface area contributed by atoms with Gasteiger partial charge in [-0.3, -0.25) is 4.79 Å². The third-order valence-electron chi connectivity index (χ3n) is 6.87. The van der Waals surface area contributed by atoms with E-state index in [1.165, 1.54) is 14.2 Å². The summed E-state index contributed by atoms with van der Waals surface area (Å²) < 4.78 is 33.3. The highest BCUT2D eigenvalue weighted by Crippen LogP contribution is 2.56. The normalized spacial score (nSPS) is 23.4. The molecule has 192 valence electrons. The molecule has 0 aromatic heterocycles. The molecule has 4 N–H and O–H groups in total. The fraction of sp³-hybridized carbons (Fsp3) is 0.440. The Hall–Kier alpha value is -3.86. The number of esters is 1. The second-order valence-corrected chi connectivity index (χ2v) is 8.80. The van der Waals surface area contributed by atoms with Gasteiger partial charge in [0.1, 0.15) is 12.0 Å². The van der Waals surface area contributed by atoms with Gasteiger partial charge in [-0.15, -0.1) is 0 Å². The van der Waals surface area contributed by atoms with E-state index < -0.39 is 24.1 Å². The van der Waals surface area contributed by atoms with Crippen molar-refractivity contribution in [1.82, 2.24) is 5.32 Å². The van der Waals surface area contributed by atoms with Crippen LogP contribution in [-0.2, 0) is 14.3 Å². The van der Waals surface area contributed by atoms with Crippen molar-refractivity contribution >= 4 is 12.1 Å². The summed E-state index contributed by atoms with van der Waals surface area (Å²) >= 11 is 0. The molecule has 2 heterocycles. The molecule has 36 heavy (non-hydrogen) atoms. The van der Waals surface area contributed by atoms with Crippen molar-refractivity contribution in [2.24, 2.45) is 17.6 Å². The Morgan fingerprint density at radius 1 is 1.08 bits per heavy atom. The summed E-state index contributed by atoms with van der Waals surface area (Å²) in [6.07, 6.45) is -0.957. The summed E-state index contributed by atoms with van der Waals surface area (Å²) in [5.74, 6) is -0.588. The fourth-order valence-corrected chi connectivity index (χ4v) is 5.22. The number of aromatic hydroxyl groups is 1. The predicted molar refractivity (Wildman–Crippen MR) is 124 cm³/mol. The second kappa shape index (κ2) is 9.65. The van der Waals surface area contributed by atoms with E-state index >= 15 is 0 Å². The lowest BCUT2D eigenvalue weighted by atomic mass is 9.66. The lowest BCUT2D eigenvalue weighted by Gasteiger charge is -2.38. The number of carbonyl (C=O) groups is 2. The first-order valence-corrected chi connectivity index (χ1v) is 11.7. The lowest BCUT2D eigenvalue weighted by Crippen LogP contribution is -2.38. The summed E-state index contributed by atoms with van der Waals surface area (Å²) in [5, 5.41) is 13.1. The number of rotatable bonds is 7. The minimum absolute atomic E-state index is 0.0593. The van der Waals surface area contributed by atoms with E-state index in [4.69, 9.17) is 34.2 Å². The number of cyclic esters (lactones) is 1. The minimum atomic E-state index is -0.899. The molecule has 4 atom stereocenters. The predicted octanol–water partition coefficient (Wildman–Crippen LogP) is 2.19. The Labute approximate surface area is 207 Å². The van der Waals surface area contributed by atoms with Crippen LogP contribution in [0.25, 0.3) is 0 Å². The molecule has 11 nitrogen and oxygen atoms in total. The minimum Gasteiger partial charge on any atom is -0.502 e. The van der Waals surface area contributed by atoms with Gasteiger partial charge in [0, 0.05) is 23.9 Å². The van der Waals surface area contributed by atoms with Crippen LogP contribution < -0.4 is 30.0 Å². The summed E-state index contributed by atoms with van der Waals surface area (Å²) in [6, 6.07) is 7.00. The molecule has 0 saturated carbocycles. The van der Waals surface area contributed by atoms with E-state index in [-0.39, 0.29) is 42.5 Å². The number of carbonyl (C=O) groups excluding carboxylic acids is 2. The molecular formula is C25H28N2O9. The van der Waals surface area contributed by atoms with Crippen LogP contribution in [-0.4, -0.2) is 57.9 Å². The summed E-state index contributed by atoms with van der Waals surface area (Å²) in [7, 11) is 2.90. The molecule has 0 spiro atoms. The maximum atomic E-state index is 13.0. The van der Waals surface area contributed by atoms with Gasteiger partial charge in [0.25, 0.3) is 0 Å². The first-order chi connectivity index (χ1) is 17.5. The molecule has 1 aliphatic carbocycles. The third kappa shape index (κ3) is 3.98. The van der Waals surface area contributed by atoms with Crippen LogP contribution in [0.2, 0.25) is 0 Å². The van der Waals surface area contributed by atoms with E-state index in [0.29, 0.717) is 36.6 Å². The molecular weight excluding hydrogens is 472 g/mol. The van der Waals surface area contributed by atoms with Crippen LogP contribution in [0.5, 0.6) is 28.7 Å². The Balaban J connectivity index is 1.64. The van der Waals surface area contributed by atoms with Crippen molar-refractivity contribution in [3.05, 3.63) is 41.0 Å². The van der Waals surface area contributed by atoms with Crippen LogP contribution in [0, 0.1) is 11.8 Å². The van der Waals surface area contributed by atoms with E-state index in [1.54, 1.807) is 18.2 Å². The number of hydrogen-bond donors (Lipinski definition) is 3. The molecule has 3 aliphatic rings. The van der Waals surface area contributed by atoms with Gasteiger partial charge in [-0.25, -0.2) is 4.79 Å². The molecule has 2 aromatic carbocycles. The Morgan fingerprint density at radius 3 is 2.39 bits per heavy atom. The first kappa shape index (κ1) is 23.9. The van der Waals surface area contributed by atoms with Crippen molar-refractivity contribution in [2.75, 3.05) is 40.7 Å². The van der Waals surface area contributed by atoms with Crippen molar-refractivity contribution in [3.63, 3.8) is 0 Å². The number of benzene rings is 2. The summed E-state index contributed by atoms with van der Waals surface area (Å²) in [5.41, 5.74) is 7.65. The smallest absolute Gasteiger partial charge is 0.407 e. The number of hydrogen-bond acceptors (Lipinski definition) is 10. The molecule has 1 fully saturated rings. The highest BCUT2D eigenvalue weighted by Gasteiger charge is 2.54. The standard InChI is InChI=1S/C25H28N2O9/c1-31-18-6-12(7-19(32-2)22(18)28)20-13-8-16-17(35-11-34-16)9-14(13)23(21-15(20)10-33-24(21)29)36-25(30)27-5-3-4-26/h6-9,15,20-21,23,28H,3-5,10-11,26H2,1-2H3,(H,27,30)/t15-,20-,21+,23-/m1/s1. The number of phenolic OH excluding ortho intramolecular Hbond substituents is 1. The molecule has 1 amide bonds. The number of nitrogens with one attached hydrogen (secondary N) is 1. The van der Waals surface area contributed by atoms with E-state index in [9.17, 15) is 14.7 Å². The van der Waals surface area contributed by atoms with Crippen LogP contribution in [0.4, 0.5) is 4.79 Å². The average Bonchev–Trinajstić information content (AvgIpc) is 3.49. The van der Waals surface area contributed by atoms with Crippen LogP contribution in [0.3, 0.4) is 0 Å². The molecule has 0 radical (unpaired) electrons. The van der Waals surface area contributed by atoms with Gasteiger partial charge in [0.15, 0.2) is 23.0 Å². The van der Waals surface area contributed by atoms with Gasteiger partial charge < -0.3 is 44.6 Å². The number of methoxy groups -OCH3 is 2. The van der Waals surface area contributed by atoms with E-state index in [0.717, 1.165) is 11.1 Å². The molecule has 1 saturated heterocycles. The van der Waals surface area contributed by atoms with Gasteiger partial charge in [-0.05, 0) is 48.4 Å². The highest BCUT2D eigenvalue weighted by molar-refractivity contribution is 5.79. The largest absolute Gasteiger partial charge is 0.502 e. The molecule has 0 bridgehead atoms. The summed E-state index contributed by atoms with van der Waals surface area (Å²) in [4.78, 5) is 25.6. The summed E-state index contributed by atoms with van der Waals surface area (Å²) in [6.45, 7) is 0.963. The highest BCUT2D eigenvalue weighted by atomic mass is 16.7. The van der Waals surface area contributed by atoms with Crippen molar-refractivity contribution in [3.8, 4) is 28.7 Å². The van der Waals surface area contributed by atoms with Gasteiger partial charge in [-0.1, -0.05) is 0 Å². The Kier molecular flexibility index (Phi) is 6.40. The van der Waals surface area contributed by atoms with Crippen LogP contribution >= 0.6 is 0 Å². The zero-order valence-electron chi connectivity index (χ0n) is 19.9. The molecule has 11 heteroatoms. The maximum absolute atomic E-state index is 13.0. The molecule has 2 aromatic rings. The van der Waals surface area contributed by atoms with Crippen molar-refractivity contribution in [1.29, 1.82) is 0 Å². The molecule has 2 aliphatic heterocycles. The zero-order chi connectivity index (χ0) is 25.4. The number of phenols is 1. The SMILES string of the molecule is COc1cc([C@@H]2c3cc4c(cc3[C@@H](OC(=O)NCCCN)[C@H]3C(=O)OC[C@H]23)OCO4)cc(OC)c1O. The topological polar surface area (TPSA) is 148 Å². The monoisotopic (exact) mass is 500 g/mol.